The molecule has 0 amide bonds. The summed E-state index contributed by atoms with van der Waals surface area (Å²) >= 11 is 1.87. The lowest BCUT2D eigenvalue weighted by Crippen LogP contribution is -2.24. The molecular formula is C17H18FNOS. The lowest BCUT2D eigenvalue weighted by molar-refractivity contribution is 0.385. The molecule has 1 N–H and O–H groups in total. The highest BCUT2D eigenvalue weighted by atomic mass is 32.2. The zero-order valence-corrected chi connectivity index (χ0v) is 12.9. The Labute approximate surface area is 128 Å². The van der Waals surface area contributed by atoms with Crippen LogP contribution in [0.5, 0.6) is 5.75 Å². The van der Waals surface area contributed by atoms with Crippen LogP contribution in [0, 0.1) is 5.82 Å². The van der Waals surface area contributed by atoms with Gasteiger partial charge in [-0.2, -0.15) is 0 Å². The van der Waals surface area contributed by atoms with Gasteiger partial charge >= 0.3 is 0 Å². The van der Waals surface area contributed by atoms with E-state index in [0.29, 0.717) is 6.04 Å². The second-order valence-electron chi connectivity index (χ2n) is 5.18. The van der Waals surface area contributed by atoms with Crippen LogP contribution in [0.3, 0.4) is 0 Å². The smallest absolute Gasteiger partial charge is 0.165 e. The van der Waals surface area contributed by atoms with Crippen LogP contribution in [0.25, 0.3) is 0 Å². The fraction of sp³-hybridized carbons (Fsp3) is 0.294. The number of halogens is 1. The minimum absolute atomic E-state index is 0.0853. The van der Waals surface area contributed by atoms with Crippen molar-refractivity contribution in [2.75, 3.05) is 12.9 Å². The van der Waals surface area contributed by atoms with E-state index in [9.17, 15) is 4.39 Å². The Morgan fingerprint density at radius 3 is 2.86 bits per heavy atom. The number of thioether (sulfide) groups is 1. The molecule has 2 atom stereocenters. The van der Waals surface area contributed by atoms with Gasteiger partial charge in [-0.15, -0.1) is 11.8 Å². The highest BCUT2D eigenvalue weighted by Gasteiger charge is 2.24. The predicted octanol–water partition coefficient (Wildman–Crippen LogP) is 4.33. The van der Waals surface area contributed by atoms with Gasteiger partial charge < -0.3 is 10.1 Å². The molecule has 0 bridgehead atoms. The lowest BCUT2D eigenvalue weighted by atomic mass is 10.0. The standard InChI is InChI=1S/C17H18FNOS/c1-11(12-7-8-16(20-2)14(18)9-12)19-15-10-21-17-6-4-3-5-13(15)17/h3-9,11,15,19H,10H2,1-2H3. The Morgan fingerprint density at radius 1 is 1.29 bits per heavy atom. The average molecular weight is 303 g/mol. The number of ether oxygens (including phenoxy) is 1. The summed E-state index contributed by atoms with van der Waals surface area (Å²) in [5.41, 5.74) is 2.27. The van der Waals surface area contributed by atoms with Crippen LogP contribution in [0.1, 0.15) is 30.1 Å². The molecule has 1 aliphatic heterocycles. The SMILES string of the molecule is COc1ccc(C(C)NC2CSc3ccccc32)cc1F. The zero-order valence-electron chi connectivity index (χ0n) is 12.1. The summed E-state index contributed by atoms with van der Waals surface area (Å²) in [6, 6.07) is 14.0. The van der Waals surface area contributed by atoms with Gasteiger partial charge in [0.15, 0.2) is 11.6 Å². The molecule has 3 rings (SSSR count). The molecule has 2 unspecified atom stereocenters. The van der Waals surface area contributed by atoms with Crippen molar-refractivity contribution in [2.45, 2.75) is 23.9 Å². The molecule has 1 aliphatic rings. The zero-order chi connectivity index (χ0) is 14.8. The lowest BCUT2D eigenvalue weighted by Gasteiger charge is -2.20. The number of hydrogen-bond donors (Lipinski definition) is 1. The first kappa shape index (κ1) is 14.4. The quantitative estimate of drug-likeness (QED) is 0.908. The number of benzene rings is 2. The van der Waals surface area contributed by atoms with Crippen LogP contribution in [-0.4, -0.2) is 12.9 Å². The summed E-state index contributed by atoms with van der Waals surface area (Å²) in [7, 11) is 1.48. The monoisotopic (exact) mass is 303 g/mol. The van der Waals surface area contributed by atoms with Crippen LogP contribution in [-0.2, 0) is 0 Å². The minimum atomic E-state index is -0.315. The summed E-state index contributed by atoms with van der Waals surface area (Å²) < 4.78 is 18.8. The fourth-order valence-corrected chi connectivity index (χ4v) is 3.82. The van der Waals surface area contributed by atoms with Crippen LogP contribution in [0.4, 0.5) is 4.39 Å². The molecular weight excluding hydrogens is 285 g/mol. The molecule has 0 saturated heterocycles. The van der Waals surface area contributed by atoms with Gasteiger partial charge in [-0.3, -0.25) is 0 Å². The van der Waals surface area contributed by atoms with Crippen LogP contribution in [0.15, 0.2) is 47.4 Å². The Balaban J connectivity index is 1.75. The van der Waals surface area contributed by atoms with Gasteiger partial charge in [-0.05, 0) is 36.2 Å². The summed E-state index contributed by atoms with van der Waals surface area (Å²) in [6.07, 6.45) is 0. The number of methoxy groups -OCH3 is 1. The van der Waals surface area contributed by atoms with Crippen LogP contribution >= 0.6 is 11.8 Å². The first-order valence-electron chi connectivity index (χ1n) is 7.00. The molecule has 2 aromatic rings. The number of rotatable bonds is 4. The molecule has 0 radical (unpaired) electrons. The summed E-state index contributed by atoms with van der Waals surface area (Å²) in [4.78, 5) is 1.34. The van der Waals surface area contributed by atoms with E-state index in [1.165, 1.54) is 17.6 Å². The van der Waals surface area contributed by atoms with E-state index in [2.05, 4.69) is 36.5 Å². The first-order valence-corrected chi connectivity index (χ1v) is 7.99. The van der Waals surface area contributed by atoms with Crippen molar-refractivity contribution in [3.8, 4) is 5.75 Å². The number of hydrogen-bond acceptors (Lipinski definition) is 3. The van der Waals surface area contributed by atoms with E-state index in [-0.39, 0.29) is 17.6 Å². The molecule has 21 heavy (non-hydrogen) atoms. The van der Waals surface area contributed by atoms with E-state index in [1.54, 1.807) is 12.1 Å². The minimum Gasteiger partial charge on any atom is -0.494 e. The molecule has 4 heteroatoms. The largest absolute Gasteiger partial charge is 0.494 e. The van der Waals surface area contributed by atoms with Gasteiger partial charge in [-0.25, -0.2) is 4.39 Å². The predicted molar refractivity (Wildman–Crippen MR) is 84.4 cm³/mol. The van der Waals surface area contributed by atoms with Gasteiger partial charge in [0.25, 0.3) is 0 Å². The third-order valence-corrected chi connectivity index (χ3v) is 5.01. The van der Waals surface area contributed by atoms with Crippen molar-refractivity contribution in [1.82, 2.24) is 5.32 Å². The number of fused-ring (bicyclic) bond motifs is 1. The Bertz CT molecular complexity index is 646. The van der Waals surface area contributed by atoms with Gasteiger partial charge in [-0.1, -0.05) is 24.3 Å². The first-order chi connectivity index (χ1) is 10.2. The van der Waals surface area contributed by atoms with Crippen molar-refractivity contribution in [3.05, 3.63) is 59.4 Å². The van der Waals surface area contributed by atoms with Crippen molar-refractivity contribution < 1.29 is 9.13 Å². The van der Waals surface area contributed by atoms with Crippen molar-refractivity contribution in [3.63, 3.8) is 0 Å². The maximum absolute atomic E-state index is 13.8. The molecule has 0 aliphatic carbocycles. The second kappa shape index (κ2) is 6.08. The van der Waals surface area contributed by atoms with E-state index in [4.69, 9.17) is 4.74 Å². The maximum Gasteiger partial charge on any atom is 0.165 e. The van der Waals surface area contributed by atoms with Crippen molar-refractivity contribution >= 4 is 11.8 Å². The van der Waals surface area contributed by atoms with Crippen LogP contribution < -0.4 is 10.1 Å². The second-order valence-corrected chi connectivity index (χ2v) is 6.25. The van der Waals surface area contributed by atoms with E-state index < -0.39 is 0 Å². The van der Waals surface area contributed by atoms with E-state index >= 15 is 0 Å². The Hall–Kier alpha value is -1.52. The van der Waals surface area contributed by atoms with Crippen LogP contribution in [0.2, 0.25) is 0 Å². The number of nitrogens with one attached hydrogen (secondary N) is 1. The third-order valence-electron chi connectivity index (χ3n) is 3.83. The fourth-order valence-electron chi connectivity index (χ4n) is 2.65. The molecule has 1 heterocycles. The Kier molecular flexibility index (Phi) is 4.17. The third kappa shape index (κ3) is 2.92. The Morgan fingerprint density at radius 2 is 2.10 bits per heavy atom. The molecule has 2 aromatic carbocycles. The van der Waals surface area contributed by atoms with E-state index in [0.717, 1.165) is 11.3 Å². The molecule has 2 nitrogen and oxygen atoms in total. The van der Waals surface area contributed by atoms with E-state index in [1.807, 2.05) is 17.8 Å². The van der Waals surface area contributed by atoms with Gasteiger partial charge in [0, 0.05) is 22.7 Å². The average Bonchev–Trinajstić information content (AvgIpc) is 2.90. The highest BCUT2D eigenvalue weighted by molar-refractivity contribution is 7.99. The van der Waals surface area contributed by atoms with Gasteiger partial charge in [0.1, 0.15) is 0 Å². The molecule has 0 spiro atoms. The summed E-state index contributed by atoms with van der Waals surface area (Å²) in [5.74, 6) is 0.986. The molecule has 110 valence electrons. The molecule has 0 fully saturated rings. The topological polar surface area (TPSA) is 21.3 Å². The summed E-state index contributed by atoms with van der Waals surface area (Å²) in [5, 5.41) is 3.59. The normalized spacial score (nSPS) is 18.3. The molecule has 0 aromatic heterocycles. The van der Waals surface area contributed by atoms with Gasteiger partial charge in [0.05, 0.1) is 7.11 Å². The van der Waals surface area contributed by atoms with Crippen molar-refractivity contribution in [1.29, 1.82) is 0 Å². The van der Waals surface area contributed by atoms with Crippen molar-refractivity contribution in [2.24, 2.45) is 0 Å². The highest BCUT2D eigenvalue weighted by Crippen LogP contribution is 2.39. The summed E-state index contributed by atoms with van der Waals surface area (Å²) in [6.45, 7) is 2.06. The maximum atomic E-state index is 13.8. The van der Waals surface area contributed by atoms with Gasteiger partial charge in [0.2, 0.25) is 0 Å². The molecule has 0 saturated carbocycles.